The van der Waals surface area contributed by atoms with E-state index in [1.807, 2.05) is 42.3 Å². The Kier molecular flexibility index (Phi) is 7.57. The number of rotatable bonds is 4. The van der Waals surface area contributed by atoms with Crippen LogP contribution >= 0.6 is 23.8 Å². The van der Waals surface area contributed by atoms with Crippen molar-refractivity contribution in [2.24, 2.45) is 0 Å². The molecule has 0 bridgehead atoms. The predicted octanol–water partition coefficient (Wildman–Crippen LogP) is 3.25. The first kappa shape index (κ1) is 22.0. The van der Waals surface area contributed by atoms with E-state index in [2.05, 4.69) is 15.5 Å². The highest BCUT2D eigenvalue weighted by Crippen LogP contribution is 2.19. The van der Waals surface area contributed by atoms with Crippen molar-refractivity contribution in [2.75, 3.05) is 38.5 Å². The van der Waals surface area contributed by atoms with Crippen LogP contribution in [0.4, 0.5) is 5.69 Å². The smallest absolute Gasteiger partial charge is 0.256 e. The molecule has 1 heterocycles. The van der Waals surface area contributed by atoms with Gasteiger partial charge < -0.3 is 15.1 Å². The number of hydrogen-bond donors (Lipinski definition) is 2. The highest BCUT2D eigenvalue weighted by Gasteiger charge is 2.22. The van der Waals surface area contributed by atoms with E-state index in [0.717, 1.165) is 18.7 Å². The van der Waals surface area contributed by atoms with Crippen molar-refractivity contribution in [3.05, 3.63) is 70.8 Å². The van der Waals surface area contributed by atoms with E-state index in [1.54, 1.807) is 24.3 Å². The number of nitrogens with zero attached hydrogens (tertiary/aromatic N) is 2. The van der Waals surface area contributed by atoms with Crippen LogP contribution in [0.15, 0.2) is 54.6 Å². The SMILES string of the molecule is CN1CCN(C(=O)c2ccccc2NC(=S)NC(=O)/C=C/c2ccccc2Cl)CC1. The molecule has 8 heteroatoms. The highest BCUT2D eigenvalue weighted by atomic mass is 35.5. The van der Waals surface area contributed by atoms with Gasteiger partial charge in [0.15, 0.2) is 5.11 Å². The van der Waals surface area contributed by atoms with Gasteiger partial charge in [0.05, 0.1) is 11.3 Å². The molecular weight excluding hydrogens is 420 g/mol. The lowest BCUT2D eigenvalue weighted by Gasteiger charge is -2.32. The van der Waals surface area contributed by atoms with Gasteiger partial charge in [-0.2, -0.15) is 0 Å². The number of piperazine rings is 1. The van der Waals surface area contributed by atoms with Gasteiger partial charge in [-0.3, -0.25) is 14.9 Å². The average molecular weight is 443 g/mol. The molecule has 0 aromatic heterocycles. The van der Waals surface area contributed by atoms with Gasteiger partial charge in [0.1, 0.15) is 0 Å². The second kappa shape index (κ2) is 10.3. The lowest BCUT2D eigenvalue weighted by Crippen LogP contribution is -2.47. The largest absolute Gasteiger partial charge is 0.336 e. The van der Waals surface area contributed by atoms with Crippen LogP contribution in [0.2, 0.25) is 5.02 Å². The zero-order valence-electron chi connectivity index (χ0n) is 16.6. The number of para-hydroxylation sites is 1. The van der Waals surface area contributed by atoms with Crippen molar-refractivity contribution in [3.63, 3.8) is 0 Å². The third-order valence-electron chi connectivity index (χ3n) is 4.75. The van der Waals surface area contributed by atoms with E-state index in [0.29, 0.717) is 29.4 Å². The van der Waals surface area contributed by atoms with Crippen LogP contribution in [0.1, 0.15) is 15.9 Å². The summed E-state index contributed by atoms with van der Waals surface area (Å²) in [6, 6.07) is 14.4. The van der Waals surface area contributed by atoms with E-state index in [4.69, 9.17) is 23.8 Å². The van der Waals surface area contributed by atoms with Gasteiger partial charge in [-0.05, 0) is 49.1 Å². The summed E-state index contributed by atoms with van der Waals surface area (Å²) in [5.74, 6) is -0.450. The van der Waals surface area contributed by atoms with E-state index < -0.39 is 5.91 Å². The maximum Gasteiger partial charge on any atom is 0.256 e. The Labute approximate surface area is 186 Å². The monoisotopic (exact) mass is 442 g/mol. The minimum Gasteiger partial charge on any atom is -0.336 e. The predicted molar refractivity (Wildman–Crippen MR) is 125 cm³/mol. The molecule has 2 aromatic rings. The molecule has 0 atom stereocenters. The summed E-state index contributed by atoms with van der Waals surface area (Å²) in [5, 5.41) is 6.22. The van der Waals surface area contributed by atoms with Crippen LogP contribution in [-0.2, 0) is 4.79 Å². The number of nitrogens with one attached hydrogen (secondary N) is 2. The molecule has 0 radical (unpaired) electrons. The Morgan fingerprint density at radius 1 is 1.03 bits per heavy atom. The van der Waals surface area contributed by atoms with Crippen molar-refractivity contribution < 1.29 is 9.59 Å². The number of carbonyl (C=O) groups is 2. The minimum atomic E-state index is -0.393. The van der Waals surface area contributed by atoms with Gasteiger partial charge in [0, 0.05) is 37.3 Å². The van der Waals surface area contributed by atoms with Crippen LogP contribution in [0.5, 0.6) is 0 Å². The molecule has 1 fully saturated rings. The maximum absolute atomic E-state index is 12.9. The van der Waals surface area contributed by atoms with Crippen LogP contribution in [0, 0.1) is 0 Å². The fourth-order valence-corrected chi connectivity index (χ4v) is 3.45. The van der Waals surface area contributed by atoms with Gasteiger partial charge in [-0.1, -0.05) is 41.9 Å². The Hall–Kier alpha value is -2.74. The Balaban J connectivity index is 1.62. The van der Waals surface area contributed by atoms with Crippen molar-refractivity contribution in [2.45, 2.75) is 0 Å². The second-order valence-corrected chi connectivity index (χ2v) is 7.75. The molecule has 6 nitrogen and oxygen atoms in total. The lowest BCUT2D eigenvalue weighted by molar-refractivity contribution is -0.115. The molecular formula is C22H23ClN4O2S. The van der Waals surface area contributed by atoms with Gasteiger partial charge in [-0.15, -0.1) is 0 Å². The molecule has 30 heavy (non-hydrogen) atoms. The topological polar surface area (TPSA) is 64.7 Å². The molecule has 0 aliphatic carbocycles. The molecule has 1 saturated heterocycles. The van der Waals surface area contributed by atoms with Gasteiger partial charge >= 0.3 is 0 Å². The first-order chi connectivity index (χ1) is 14.4. The summed E-state index contributed by atoms with van der Waals surface area (Å²) in [5.41, 5.74) is 1.81. The minimum absolute atomic E-state index is 0.0565. The van der Waals surface area contributed by atoms with E-state index >= 15 is 0 Å². The van der Waals surface area contributed by atoms with Gasteiger partial charge in [0.2, 0.25) is 5.91 Å². The zero-order valence-corrected chi connectivity index (χ0v) is 18.2. The van der Waals surface area contributed by atoms with Crippen LogP contribution in [0.25, 0.3) is 6.08 Å². The number of benzene rings is 2. The quantitative estimate of drug-likeness (QED) is 0.562. The fourth-order valence-electron chi connectivity index (χ4n) is 3.04. The standard InChI is InChI=1S/C22H23ClN4O2S/c1-26-12-14-27(15-13-26)21(29)17-7-3-5-9-19(17)24-22(30)25-20(28)11-10-16-6-2-4-8-18(16)23/h2-11H,12-15H2,1H3,(H2,24,25,28,30)/b11-10+. The molecule has 2 N–H and O–H groups in total. The number of thiocarbonyl (C=S) groups is 1. The number of likely N-dealkylation sites (N-methyl/N-ethyl adjacent to an activating group) is 1. The molecule has 2 amide bonds. The van der Waals surface area contributed by atoms with Gasteiger partial charge in [0.25, 0.3) is 5.91 Å². The number of halogens is 1. The second-order valence-electron chi connectivity index (χ2n) is 6.94. The summed E-state index contributed by atoms with van der Waals surface area (Å²) in [4.78, 5) is 29.1. The Bertz CT molecular complexity index is 971. The first-order valence-electron chi connectivity index (χ1n) is 9.55. The summed E-state index contributed by atoms with van der Waals surface area (Å²) >= 11 is 11.3. The Morgan fingerprint density at radius 2 is 1.70 bits per heavy atom. The highest BCUT2D eigenvalue weighted by molar-refractivity contribution is 7.80. The molecule has 0 unspecified atom stereocenters. The Morgan fingerprint density at radius 3 is 2.43 bits per heavy atom. The van der Waals surface area contributed by atoms with Crippen LogP contribution in [-0.4, -0.2) is 60.0 Å². The molecule has 1 aliphatic heterocycles. The average Bonchev–Trinajstić information content (AvgIpc) is 2.73. The summed E-state index contributed by atoms with van der Waals surface area (Å²) < 4.78 is 0. The normalized spacial score (nSPS) is 14.5. The van der Waals surface area contributed by atoms with Crippen molar-refractivity contribution in [3.8, 4) is 0 Å². The van der Waals surface area contributed by atoms with Crippen molar-refractivity contribution in [1.82, 2.24) is 15.1 Å². The fraction of sp³-hybridized carbons (Fsp3) is 0.227. The maximum atomic E-state index is 12.9. The number of amides is 2. The lowest BCUT2D eigenvalue weighted by atomic mass is 10.1. The molecule has 0 spiro atoms. The van der Waals surface area contributed by atoms with Gasteiger partial charge in [-0.25, -0.2) is 0 Å². The molecule has 3 rings (SSSR count). The molecule has 1 aliphatic rings. The molecule has 2 aromatic carbocycles. The summed E-state index contributed by atoms with van der Waals surface area (Å²) in [7, 11) is 2.04. The number of carbonyl (C=O) groups excluding carboxylic acids is 2. The summed E-state index contributed by atoms with van der Waals surface area (Å²) in [6.07, 6.45) is 2.97. The number of hydrogen-bond acceptors (Lipinski definition) is 4. The number of anilines is 1. The zero-order chi connectivity index (χ0) is 21.5. The third kappa shape index (κ3) is 5.89. The summed E-state index contributed by atoms with van der Waals surface area (Å²) in [6.45, 7) is 3.04. The molecule has 156 valence electrons. The third-order valence-corrected chi connectivity index (χ3v) is 5.30. The van der Waals surface area contributed by atoms with E-state index in [1.165, 1.54) is 6.08 Å². The van der Waals surface area contributed by atoms with Crippen molar-refractivity contribution in [1.29, 1.82) is 0 Å². The van der Waals surface area contributed by atoms with Crippen LogP contribution < -0.4 is 10.6 Å². The molecule has 0 saturated carbocycles. The first-order valence-corrected chi connectivity index (χ1v) is 10.3. The van der Waals surface area contributed by atoms with Crippen LogP contribution in [0.3, 0.4) is 0 Å². The van der Waals surface area contributed by atoms with E-state index in [-0.39, 0.29) is 11.0 Å². The van der Waals surface area contributed by atoms with Crippen molar-refractivity contribution >= 4 is 52.5 Å². The van der Waals surface area contributed by atoms with E-state index in [9.17, 15) is 9.59 Å².